The van der Waals surface area contributed by atoms with Crippen molar-refractivity contribution in [3.63, 3.8) is 0 Å². The van der Waals surface area contributed by atoms with Gasteiger partial charge >= 0.3 is 0 Å². The van der Waals surface area contributed by atoms with E-state index in [2.05, 4.69) is 66.1 Å². The van der Waals surface area contributed by atoms with Gasteiger partial charge in [-0.15, -0.1) is 0 Å². The Labute approximate surface area is 167 Å². The van der Waals surface area contributed by atoms with E-state index in [0.29, 0.717) is 17.0 Å². The summed E-state index contributed by atoms with van der Waals surface area (Å²) in [6.45, 7) is 10.5. The van der Waals surface area contributed by atoms with Crippen LogP contribution in [0, 0.1) is 13.8 Å². The van der Waals surface area contributed by atoms with E-state index in [1.807, 2.05) is 0 Å². The second kappa shape index (κ2) is 9.44. The standard InChI is InChI=1S/C22H30N6/c1-5-7-13-28(14-8-6-2)22-26-20-19(23-11-12-24-20)21(27-22)25-18-10-9-16(3)17(4)15-18/h9-12,15H,5-8,13-14H2,1-4H3,(H,24,25,26,27). The predicted molar refractivity (Wildman–Crippen MR) is 116 cm³/mol. The number of benzene rings is 1. The second-order valence-corrected chi connectivity index (χ2v) is 7.22. The predicted octanol–water partition coefficient (Wildman–Crippen LogP) is 5.19. The Morgan fingerprint density at radius 3 is 2.29 bits per heavy atom. The van der Waals surface area contributed by atoms with Crippen molar-refractivity contribution in [3.05, 3.63) is 41.7 Å². The van der Waals surface area contributed by atoms with Crippen LogP contribution in [0.2, 0.25) is 0 Å². The fourth-order valence-corrected chi connectivity index (χ4v) is 3.05. The van der Waals surface area contributed by atoms with Crippen LogP contribution >= 0.6 is 0 Å². The number of fused-ring (bicyclic) bond motifs is 1. The zero-order valence-corrected chi connectivity index (χ0v) is 17.4. The van der Waals surface area contributed by atoms with Crippen molar-refractivity contribution in [3.8, 4) is 0 Å². The molecular formula is C22H30N6. The maximum absolute atomic E-state index is 4.86. The average Bonchev–Trinajstić information content (AvgIpc) is 2.71. The molecule has 0 aliphatic rings. The SMILES string of the molecule is CCCCN(CCCC)c1nc(Nc2ccc(C)c(C)c2)c2nccnc2n1. The number of aromatic nitrogens is 4. The molecule has 0 atom stereocenters. The molecule has 0 fully saturated rings. The van der Waals surface area contributed by atoms with E-state index in [0.717, 1.165) is 50.4 Å². The van der Waals surface area contributed by atoms with Crippen LogP contribution in [0.15, 0.2) is 30.6 Å². The van der Waals surface area contributed by atoms with Gasteiger partial charge in [0.15, 0.2) is 17.0 Å². The Morgan fingerprint density at radius 2 is 1.61 bits per heavy atom. The quantitative estimate of drug-likeness (QED) is 0.553. The number of hydrogen-bond acceptors (Lipinski definition) is 6. The Hall–Kier alpha value is -2.76. The van der Waals surface area contributed by atoms with Crippen LogP contribution in [0.25, 0.3) is 11.2 Å². The molecule has 0 aliphatic carbocycles. The van der Waals surface area contributed by atoms with Gasteiger partial charge in [0.2, 0.25) is 5.95 Å². The van der Waals surface area contributed by atoms with Crippen LogP contribution in [-0.4, -0.2) is 33.0 Å². The molecule has 1 aromatic carbocycles. The molecule has 0 radical (unpaired) electrons. The monoisotopic (exact) mass is 378 g/mol. The van der Waals surface area contributed by atoms with E-state index < -0.39 is 0 Å². The minimum atomic E-state index is 0.622. The van der Waals surface area contributed by atoms with Crippen LogP contribution in [-0.2, 0) is 0 Å². The van der Waals surface area contributed by atoms with Gasteiger partial charge in [-0.25, -0.2) is 9.97 Å². The summed E-state index contributed by atoms with van der Waals surface area (Å²) in [5, 5.41) is 3.44. The molecule has 0 aliphatic heterocycles. The largest absolute Gasteiger partial charge is 0.341 e. The molecule has 0 saturated heterocycles. The lowest BCUT2D eigenvalue weighted by Crippen LogP contribution is -2.28. The van der Waals surface area contributed by atoms with Gasteiger partial charge in [-0.3, -0.25) is 0 Å². The minimum Gasteiger partial charge on any atom is -0.341 e. The summed E-state index contributed by atoms with van der Waals surface area (Å²) in [6, 6.07) is 6.31. The molecule has 2 heterocycles. The summed E-state index contributed by atoms with van der Waals surface area (Å²) in [7, 11) is 0. The average molecular weight is 379 g/mol. The fourth-order valence-electron chi connectivity index (χ4n) is 3.05. The highest BCUT2D eigenvalue weighted by Crippen LogP contribution is 2.25. The van der Waals surface area contributed by atoms with Crippen molar-refractivity contribution in [2.75, 3.05) is 23.3 Å². The van der Waals surface area contributed by atoms with Gasteiger partial charge < -0.3 is 10.2 Å². The molecule has 3 aromatic rings. The molecule has 2 aromatic heterocycles. The highest BCUT2D eigenvalue weighted by molar-refractivity contribution is 5.85. The molecule has 0 bridgehead atoms. The van der Waals surface area contributed by atoms with Crippen LogP contribution in [0.4, 0.5) is 17.5 Å². The van der Waals surface area contributed by atoms with Gasteiger partial charge in [-0.2, -0.15) is 9.97 Å². The smallest absolute Gasteiger partial charge is 0.229 e. The summed E-state index contributed by atoms with van der Waals surface area (Å²) < 4.78 is 0. The first-order chi connectivity index (χ1) is 13.6. The summed E-state index contributed by atoms with van der Waals surface area (Å²) >= 11 is 0. The molecule has 28 heavy (non-hydrogen) atoms. The highest BCUT2D eigenvalue weighted by atomic mass is 15.3. The van der Waals surface area contributed by atoms with Crippen molar-refractivity contribution in [2.24, 2.45) is 0 Å². The molecule has 0 spiro atoms. The third kappa shape index (κ3) is 4.74. The molecule has 6 nitrogen and oxygen atoms in total. The maximum Gasteiger partial charge on any atom is 0.229 e. The number of unbranched alkanes of at least 4 members (excludes halogenated alkanes) is 2. The van der Waals surface area contributed by atoms with E-state index in [-0.39, 0.29) is 0 Å². The van der Waals surface area contributed by atoms with Crippen molar-refractivity contribution >= 4 is 28.6 Å². The summed E-state index contributed by atoms with van der Waals surface area (Å²) in [5.41, 5.74) is 4.81. The third-order valence-electron chi connectivity index (χ3n) is 4.94. The van der Waals surface area contributed by atoms with E-state index in [1.165, 1.54) is 11.1 Å². The van der Waals surface area contributed by atoms with Crippen molar-refractivity contribution in [2.45, 2.75) is 53.4 Å². The van der Waals surface area contributed by atoms with E-state index >= 15 is 0 Å². The first-order valence-electron chi connectivity index (χ1n) is 10.2. The Bertz CT molecular complexity index is 916. The van der Waals surface area contributed by atoms with E-state index in [9.17, 15) is 0 Å². The first-order valence-corrected chi connectivity index (χ1v) is 10.2. The molecular weight excluding hydrogens is 348 g/mol. The van der Waals surface area contributed by atoms with Gasteiger partial charge in [0.05, 0.1) is 0 Å². The second-order valence-electron chi connectivity index (χ2n) is 7.22. The van der Waals surface area contributed by atoms with Crippen LogP contribution in [0.3, 0.4) is 0 Å². The molecule has 6 heteroatoms. The first kappa shape index (κ1) is 20.0. The zero-order chi connectivity index (χ0) is 19.9. The molecule has 3 rings (SSSR count). The Balaban J connectivity index is 2.00. The van der Waals surface area contributed by atoms with Gasteiger partial charge in [-0.05, 0) is 49.9 Å². The van der Waals surface area contributed by atoms with Crippen LogP contribution in [0.1, 0.15) is 50.7 Å². The Morgan fingerprint density at radius 1 is 0.893 bits per heavy atom. The summed E-state index contributed by atoms with van der Waals surface area (Å²) in [5.74, 6) is 1.43. The summed E-state index contributed by atoms with van der Waals surface area (Å²) in [4.78, 5) is 20.8. The van der Waals surface area contributed by atoms with E-state index in [4.69, 9.17) is 9.97 Å². The minimum absolute atomic E-state index is 0.622. The molecule has 0 unspecified atom stereocenters. The lowest BCUT2D eigenvalue weighted by Gasteiger charge is -2.23. The highest BCUT2D eigenvalue weighted by Gasteiger charge is 2.15. The molecule has 0 amide bonds. The number of aryl methyl sites for hydroxylation is 2. The van der Waals surface area contributed by atoms with E-state index in [1.54, 1.807) is 12.4 Å². The van der Waals surface area contributed by atoms with Gasteiger partial charge in [0.1, 0.15) is 0 Å². The zero-order valence-electron chi connectivity index (χ0n) is 17.4. The molecule has 1 N–H and O–H groups in total. The number of hydrogen-bond donors (Lipinski definition) is 1. The number of anilines is 3. The van der Waals surface area contributed by atoms with Crippen LogP contribution < -0.4 is 10.2 Å². The lowest BCUT2D eigenvalue weighted by atomic mass is 10.1. The van der Waals surface area contributed by atoms with Gasteiger partial charge in [0, 0.05) is 31.2 Å². The van der Waals surface area contributed by atoms with Crippen LogP contribution in [0.5, 0.6) is 0 Å². The van der Waals surface area contributed by atoms with Crippen molar-refractivity contribution in [1.82, 2.24) is 19.9 Å². The maximum atomic E-state index is 4.86. The third-order valence-corrected chi connectivity index (χ3v) is 4.94. The molecule has 0 saturated carbocycles. The fraction of sp³-hybridized carbons (Fsp3) is 0.455. The topological polar surface area (TPSA) is 66.8 Å². The normalized spacial score (nSPS) is 11.0. The number of nitrogens with zero attached hydrogens (tertiary/aromatic N) is 5. The Kier molecular flexibility index (Phi) is 6.74. The molecule has 148 valence electrons. The number of rotatable bonds is 9. The summed E-state index contributed by atoms with van der Waals surface area (Å²) in [6.07, 6.45) is 7.88. The van der Waals surface area contributed by atoms with Crippen molar-refractivity contribution < 1.29 is 0 Å². The number of nitrogens with one attached hydrogen (secondary N) is 1. The van der Waals surface area contributed by atoms with Gasteiger partial charge in [0.25, 0.3) is 0 Å². The lowest BCUT2D eigenvalue weighted by molar-refractivity contribution is 0.664. The van der Waals surface area contributed by atoms with Crippen molar-refractivity contribution in [1.29, 1.82) is 0 Å². The van der Waals surface area contributed by atoms with Gasteiger partial charge in [-0.1, -0.05) is 32.8 Å².